The van der Waals surface area contributed by atoms with Crippen LogP contribution in [0.2, 0.25) is 0 Å². The number of carbonyl (C=O) groups is 3. The van der Waals surface area contributed by atoms with E-state index in [2.05, 4.69) is 0 Å². The summed E-state index contributed by atoms with van der Waals surface area (Å²) in [5, 5.41) is 26.3. The van der Waals surface area contributed by atoms with Crippen LogP contribution in [-0.4, -0.2) is 38.6 Å². The molecule has 0 aliphatic carbocycles. The zero-order valence-corrected chi connectivity index (χ0v) is 7.85. The molecule has 0 bridgehead atoms. The van der Waals surface area contributed by atoms with E-state index in [0.29, 0.717) is 0 Å². The summed E-state index contributed by atoms with van der Waals surface area (Å²) >= 11 is 0. The number of carboxylic acids is 2. The molecule has 0 radical (unpaired) electrons. The van der Waals surface area contributed by atoms with Crippen molar-refractivity contribution in [3.05, 3.63) is 0 Å². The fraction of sp³-hybridized carbons (Fsp3) is 0.625. The molecular formula is C8H12O6. The van der Waals surface area contributed by atoms with Gasteiger partial charge in [-0.15, -0.1) is 0 Å². The van der Waals surface area contributed by atoms with Gasteiger partial charge in [-0.2, -0.15) is 0 Å². The molecule has 0 aromatic rings. The van der Waals surface area contributed by atoms with Crippen molar-refractivity contribution in [3.8, 4) is 0 Å². The van der Waals surface area contributed by atoms with E-state index in [4.69, 9.17) is 10.2 Å². The molecule has 6 nitrogen and oxygen atoms in total. The van der Waals surface area contributed by atoms with Crippen LogP contribution in [0.3, 0.4) is 0 Å². The average molecular weight is 204 g/mol. The number of aliphatic carboxylic acids is 2. The van der Waals surface area contributed by atoms with Gasteiger partial charge in [-0.05, 0) is 13.3 Å². The Hall–Kier alpha value is -1.43. The first-order valence-corrected chi connectivity index (χ1v) is 3.98. The number of aliphatic hydroxyl groups is 1. The van der Waals surface area contributed by atoms with E-state index in [1.165, 1.54) is 6.92 Å². The van der Waals surface area contributed by atoms with Crippen molar-refractivity contribution in [2.45, 2.75) is 25.9 Å². The van der Waals surface area contributed by atoms with E-state index in [0.717, 1.165) is 6.92 Å². The van der Waals surface area contributed by atoms with Gasteiger partial charge in [0.2, 0.25) is 5.78 Å². The van der Waals surface area contributed by atoms with Crippen molar-refractivity contribution in [2.24, 2.45) is 5.92 Å². The van der Waals surface area contributed by atoms with E-state index >= 15 is 0 Å². The predicted molar refractivity (Wildman–Crippen MR) is 44.7 cm³/mol. The molecule has 0 aromatic heterocycles. The zero-order valence-electron chi connectivity index (χ0n) is 7.85. The number of ketones is 1. The van der Waals surface area contributed by atoms with Gasteiger partial charge in [-0.1, -0.05) is 6.92 Å². The van der Waals surface area contributed by atoms with E-state index < -0.39 is 29.2 Å². The average Bonchev–Trinajstić information content (AvgIpc) is 2.04. The second-order valence-corrected chi connectivity index (χ2v) is 3.08. The van der Waals surface area contributed by atoms with Crippen LogP contribution in [0.1, 0.15) is 20.3 Å². The maximum atomic E-state index is 11.0. The predicted octanol–water partition coefficient (Wildman–Crippen LogP) is -0.498. The largest absolute Gasteiger partial charge is 0.479 e. The molecule has 6 heteroatoms. The molecule has 2 atom stereocenters. The Labute approximate surface area is 80.2 Å². The van der Waals surface area contributed by atoms with Crippen LogP contribution in [0.15, 0.2) is 0 Å². The lowest BCUT2D eigenvalue weighted by atomic mass is 9.83. The summed E-state index contributed by atoms with van der Waals surface area (Å²) in [6, 6.07) is 0. The zero-order chi connectivity index (χ0) is 11.5. The highest BCUT2D eigenvalue weighted by atomic mass is 16.4. The standard InChI is InChI=1S/C8H12O6/c1-3-4(5(9)6(10)11)8(2,14)7(12)13/h4,14H,3H2,1-2H3,(H,10,11)(H,12,13). The summed E-state index contributed by atoms with van der Waals surface area (Å²) in [6.07, 6.45) is -0.0512. The maximum absolute atomic E-state index is 11.0. The molecular weight excluding hydrogens is 192 g/mol. The van der Waals surface area contributed by atoms with Gasteiger partial charge in [-0.3, -0.25) is 4.79 Å². The fourth-order valence-corrected chi connectivity index (χ4v) is 1.14. The number of rotatable bonds is 5. The summed E-state index contributed by atoms with van der Waals surface area (Å²) < 4.78 is 0. The highest BCUT2D eigenvalue weighted by Gasteiger charge is 2.44. The smallest absolute Gasteiger partial charge is 0.372 e. The molecule has 3 N–H and O–H groups in total. The van der Waals surface area contributed by atoms with Crippen molar-refractivity contribution >= 4 is 17.7 Å². The quantitative estimate of drug-likeness (QED) is 0.520. The van der Waals surface area contributed by atoms with E-state index in [9.17, 15) is 19.5 Å². The third-order valence-corrected chi connectivity index (χ3v) is 2.05. The summed E-state index contributed by atoms with van der Waals surface area (Å²) in [6.45, 7) is 2.34. The molecule has 0 amide bonds. The van der Waals surface area contributed by atoms with Crippen LogP contribution >= 0.6 is 0 Å². The molecule has 0 spiro atoms. The summed E-state index contributed by atoms with van der Waals surface area (Å²) in [5.74, 6) is -6.07. The number of carbonyl (C=O) groups excluding carboxylic acids is 1. The number of hydrogen-bond acceptors (Lipinski definition) is 4. The van der Waals surface area contributed by atoms with Crippen molar-refractivity contribution in [2.75, 3.05) is 0 Å². The Balaban J connectivity index is 4.99. The lowest BCUT2D eigenvalue weighted by Crippen LogP contribution is -2.48. The lowest BCUT2D eigenvalue weighted by Gasteiger charge is -2.25. The molecule has 0 aromatic carbocycles. The second-order valence-electron chi connectivity index (χ2n) is 3.08. The normalized spacial score (nSPS) is 16.8. The van der Waals surface area contributed by atoms with E-state index in [1.807, 2.05) is 0 Å². The van der Waals surface area contributed by atoms with Gasteiger partial charge in [0.05, 0.1) is 5.92 Å². The molecule has 14 heavy (non-hydrogen) atoms. The molecule has 0 saturated heterocycles. The number of hydrogen-bond donors (Lipinski definition) is 3. The molecule has 0 saturated carbocycles. The van der Waals surface area contributed by atoms with Gasteiger partial charge < -0.3 is 15.3 Å². The number of Topliss-reactive ketones (excluding diaryl/α,β-unsaturated/α-hetero) is 1. The number of carboxylic acid groups (broad SMARTS) is 2. The van der Waals surface area contributed by atoms with Crippen molar-refractivity contribution < 1.29 is 29.7 Å². The minimum Gasteiger partial charge on any atom is -0.479 e. The van der Waals surface area contributed by atoms with Gasteiger partial charge in [0.15, 0.2) is 5.60 Å². The van der Waals surface area contributed by atoms with Gasteiger partial charge in [0.25, 0.3) is 0 Å². The summed E-state index contributed by atoms with van der Waals surface area (Å²) in [7, 11) is 0. The minimum absolute atomic E-state index is 0.0512. The van der Waals surface area contributed by atoms with Crippen LogP contribution in [0.4, 0.5) is 0 Å². The Morgan fingerprint density at radius 2 is 1.71 bits per heavy atom. The van der Waals surface area contributed by atoms with Gasteiger partial charge in [0.1, 0.15) is 0 Å². The van der Waals surface area contributed by atoms with Crippen LogP contribution in [0.25, 0.3) is 0 Å². The monoisotopic (exact) mass is 204 g/mol. The molecule has 0 fully saturated rings. The molecule has 0 heterocycles. The van der Waals surface area contributed by atoms with Crippen LogP contribution in [0.5, 0.6) is 0 Å². The lowest BCUT2D eigenvalue weighted by molar-refractivity contribution is -0.169. The Bertz CT molecular complexity index is 267. The topological polar surface area (TPSA) is 112 Å². The van der Waals surface area contributed by atoms with Gasteiger partial charge in [-0.25, -0.2) is 9.59 Å². The first-order chi connectivity index (χ1) is 6.25. The molecule has 2 unspecified atom stereocenters. The van der Waals surface area contributed by atoms with Crippen molar-refractivity contribution in [3.63, 3.8) is 0 Å². The highest BCUT2D eigenvalue weighted by molar-refractivity contribution is 6.34. The van der Waals surface area contributed by atoms with Crippen LogP contribution in [-0.2, 0) is 14.4 Å². The van der Waals surface area contributed by atoms with E-state index in [-0.39, 0.29) is 6.42 Å². The SMILES string of the molecule is CCC(C(=O)C(=O)O)C(C)(O)C(=O)O. The first kappa shape index (κ1) is 12.6. The molecule has 80 valence electrons. The van der Waals surface area contributed by atoms with Crippen molar-refractivity contribution in [1.82, 2.24) is 0 Å². The van der Waals surface area contributed by atoms with Crippen LogP contribution in [0, 0.1) is 5.92 Å². The Kier molecular flexibility index (Phi) is 3.76. The third-order valence-electron chi connectivity index (χ3n) is 2.05. The Morgan fingerprint density at radius 3 is 1.93 bits per heavy atom. The van der Waals surface area contributed by atoms with Crippen LogP contribution < -0.4 is 0 Å². The van der Waals surface area contributed by atoms with Gasteiger partial charge in [0, 0.05) is 0 Å². The Morgan fingerprint density at radius 1 is 1.29 bits per heavy atom. The third kappa shape index (κ3) is 2.29. The maximum Gasteiger partial charge on any atom is 0.372 e. The molecule has 0 rings (SSSR count). The van der Waals surface area contributed by atoms with Gasteiger partial charge >= 0.3 is 11.9 Å². The molecule has 0 aliphatic heterocycles. The first-order valence-electron chi connectivity index (χ1n) is 3.98. The fourth-order valence-electron chi connectivity index (χ4n) is 1.14. The molecule has 0 aliphatic rings. The summed E-state index contributed by atoms with van der Waals surface area (Å²) in [5.41, 5.74) is -2.34. The highest BCUT2D eigenvalue weighted by Crippen LogP contribution is 2.22. The van der Waals surface area contributed by atoms with E-state index in [1.54, 1.807) is 0 Å². The minimum atomic E-state index is -2.34. The summed E-state index contributed by atoms with van der Waals surface area (Å²) in [4.78, 5) is 31.9. The second kappa shape index (κ2) is 4.19. The van der Waals surface area contributed by atoms with Crippen molar-refractivity contribution in [1.29, 1.82) is 0 Å².